The largest absolute Gasteiger partial charge is 0.337 e. The predicted molar refractivity (Wildman–Crippen MR) is 52.2 cm³/mol. The van der Waals surface area contributed by atoms with E-state index >= 15 is 0 Å². The van der Waals surface area contributed by atoms with E-state index in [0.717, 1.165) is 28.7 Å². The molecule has 0 spiro atoms. The molecule has 13 heavy (non-hydrogen) atoms. The Balaban J connectivity index is 3.13. The molecule has 0 atom stereocenters. The number of halogens is 3. The third-order valence-corrected chi connectivity index (χ3v) is 2.01. The minimum Gasteiger partial charge on any atom is -0.295 e. The van der Waals surface area contributed by atoms with Gasteiger partial charge in [-0.1, -0.05) is 0 Å². The molecule has 1 heterocycles. The summed E-state index contributed by atoms with van der Waals surface area (Å²) in [5.41, 5.74) is -0.137. The van der Waals surface area contributed by atoms with Gasteiger partial charge in [0, 0.05) is 34.4 Å². The number of hydrogen-bond donors (Lipinski definition) is 0. The molecule has 0 aromatic carbocycles. The average Bonchev–Trinajstić information content (AvgIpc) is 2.03. The monoisotopic (exact) mass is 297 g/mol. The van der Waals surface area contributed by atoms with E-state index in [4.69, 9.17) is 0 Å². The molecule has 0 unspecified atom stereocenters. The van der Waals surface area contributed by atoms with E-state index in [1.807, 2.05) is 0 Å². The van der Waals surface area contributed by atoms with Gasteiger partial charge in [-0.15, -0.1) is 0 Å². The van der Waals surface area contributed by atoms with Crippen molar-refractivity contribution in [1.82, 2.24) is 4.98 Å². The lowest BCUT2D eigenvalue weighted by Crippen LogP contribution is -2.07. The maximum atomic E-state index is 12.7. The summed E-state index contributed by atoms with van der Waals surface area (Å²) >= 11 is 0.975. The summed E-state index contributed by atoms with van der Waals surface area (Å²) in [6.45, 7) is 1.32. The van der Waals surface area contributed by atoms with Crippen LogP contribution in [0.15, 0.2) is 18.3 Å². The fourth-order valence-electron chi connectivity index (χ4n) is 0.805. The Morgan fingerprint density at radius 1 is 1.62 bits per heavy atom. The summed E-state index contributed by atoms with van der Waals surface area (Å²) in [5.74, 6) is -0.246. The molecular formula is C8H6F2INO. The van der Waals surface area contributed by atoms with E-state index < -0.39 is 3.93 Å². The predicted octanol–water partition coefficient (Wildman–Crippen LogP) is 2.77. The lowest BCUT2D eigenvalue weighted by atomic mass is 10.2. The molecule has 0 aliphatic heterocycles. The minimum absolute atomic E-state index is 0.246. The van der Waals surface area contributed by atoms with Crippen molar-refractivity contribution in [2.24, 2.45) is 0 Å². The summed E-state index contributed by atoms with van der Waals surface area (Å²) < 4.78 is 22.4. The lowest BCUT2D eigenvalue weighted by Gasteiger charge is -2.07. The van der Waals surface area contributed by atoms with Gasteiger partial charge in [-0.25, -0.2) is 0 Å². The molecule has 0 aliphatic carbocycles. The van der Waals surface area contributed by atoms with Gasteiger partial charge in [0.25, 0.3) is 0 Å². The first kappa shape index (κ1) is 10.5. The standard InChI is InChI=1S/C8H6F2INO/c1-5(13)6-2-3-12-7(4-6)8(9,10)11/h2-4H,1H3. The zero-order valence-corrected chi connectivity index (χ0v) is 8.88. The Labute approximate surface area is 87.5 Å². The molecule has 1 rings (SSSR count). The van der Waals surface area contributed by atoms with Crippen LogP contribution in [0, 0.1) is 0 Å². The molecule has 0 bridgehead atoms. The maximum absolute atomic E-state index is 12.7. The Hall–Kier alpha value is -0.590. The summed E-state index contributed by atoms with van der Waals surface area (Å²) in [7, 11) is 0. The second kappa shape index (κ2) is 3.65. The highest BCUT2D eigenvalue weighted by Crippen LogP contribution is 2.33. The van der Waals surface area contributed by atoms with Crippen LogP contribution in [-0.4, -0.2) is 10.8 Å². The van der Waals surface area contributed by atoms with E-state index in [2.05, 4.69) is 4.98 Å². The number of Topliss-reactive ketones (excluding diaryl/α,β-unsaturated/α-hetero) is 1. The fraction of sp³-hybridized carbons (Fsp3) is 0.250. The van der Waals surface area contributed by atoms with Gasteiger partial charge in [0.1, 0.15) is 5.69 Å². The molecule has 0 aliphatic rings. The van der Waals surface area contributed by atoms with Crippen molar-refractivity contribution in [1.29, 1.82) is 0 Å². The summed E-state index contributed by atoms with van der Waals surface area (Å²) in [4.78, 5) is 14.3. The van der Waals surface area contributed by atoms with Crippen LogP contribution in [0.4, 0.5) is 8.78 Å². The molecule has 0 saturated carbocycles. The Kier molecular flexibility index (Phi) is 2.94. The molecule has 0 fully saturated rings. The van der Waals surface area contributed by atoms with Crippen LogP contribution in [-0.2, 0) is 3.93 Å². The molecule has 5 heteroatoms. The third-order valence-electron chi connectivity index (χ3n) is 1.46. The highest BCUT2D eigenvalue weighted by Gasteiger charge is 2.28. The average molecular weight is 297 g/mol. The van der Waals surface area contributed by atoms with Crippen LogP contribution in [0.1, 0.15) is 23.0 Å². The van der Waals surface area contributed by atoms with Crippen LogP contribution >= 0.6 is 22.6 Å². The molecular weight excluding hydrogens is 291 g/mol. The minimum atomic E-state index is -3.02. The van der Waals surface area contributed by atoms with Crippen LogP contribution in [0.2, 0.25) is 0 Å². The number of carbonyl (C=O) groups excluding carboxylic acids is 1. The molecule has 0 amide bonds. The van der Waals surface area contributed by atoms with Gasteiger partial charge in [0.2, 0.25) is 0 Å². The number of rotatable bonds is 2. The highest BCUT2D eigenvalue weighted by molar-refractivity contribution is 14.1. The smallest absolute Gasteiger partial charge is 0.295 e. The van der Waals surface area contributed by atoms with Gasteiger partial charge < -0.3 is 0 Å². The van der Waals surface area contributed by atoms with E-state index in [1.165, 1.54) is 19.2 Å². The van der Waals surface area contributed by atoms with E-state index in [9.17, 15) is 13.6 Å². The van der Waals surface area contributed by atoms with Crippen molar-refractivity contribution in [3.05, 3.63) is 29.6 Å². The van der Waals surface area contributed by atoms with E-state index in [0.29, 0.717) is 0 Å². The number of carbonyl (C=O) groups is 1. The summed E-state index contributed by atoms with van der Waals surface area (Å²) in [6.07, 6.45) is 1.21. The number of alkyl halides is 3. The lowest BCUT2D eigenvalue weighted by molar-refractivity contribution is 0.101. The van der Waals surface area contributed by atoms with Gasteiger partial charge >= 0.3 is 3.93 Å². The molecule has 2 nitrogen and oxygen atoms in total. The van der Waals surface area contributed by atoms with Crippen LogP contribution in [0.5, 0.6) is 0 Å². The second-order valence-corrected chi connectivity index (χ2v) is 3.84. The van der Waals surface area contributed by atoms with Crippen LogP contribution in [0.25, 0.3) is 0 Å². The fourth-order valence-corrected chi connectivity index (χ4v) is 1.10. The van der Waals surface area contributed by atoms with Gasteiger partial charge in [-0.2, -0.15) is 8.78 Å². The normalized spacial score (nSPS) is 11.4. The van der Waals surface area contributed by atoms with Gasteiger partial charge in [0.15, 0.2) is 5.78 Å². The first-order chi connectivity index (χ1) is 5.91. The topological polar surface area (TPSA) is 30.0 Å². The Morgan fingerprint density at radius 3 is 2.69 bits per heavy atom. The highest BCUT2D eigenvalue weighted by atomic mass is 127. The van der Waals surface area contributed by atoms with Gasteiger partial charge in [0.05, 0.1) is 0 Å². The number of nitrogens with zero attached hydrogens (tertiary/aromatic N) is 1. The molecule has 0 radical (unpaired) electrons. The zero-order valence-electron chi connectivity index (χ0n) is 6.72. The van der Waals surface area contributed by atoms with Crippen molar-refractivity contribution in [2.75, 3.05) is 0 Å². The molecule has 1 aromatic rings. The third kappa shape index (κ3) is 2.68. The van der Waals surface area contributed by atoms with Crippen molar-refractivity contribution < 1.29 is 13.6 Å². The maximum Gasteiger partial charge on any atom is 0.337 e. The first-order valence-corrected chi connectivity index (χ1v) is 4.53. The van der Waals surface area contributed by atoms with E-state index in [1.54, 1.807) is 0 Å². The quantitative estimate of drug-likeness (QED) is 0.477. The Bertz CT molecular complexity index is 335. The van der Waals surface area contributed by atoms with Crippen LogP contribution < -0.4 is 0 Å². The van der Waals surface area contributed by atoms with Crippen molar-refractivity contribution in [3.63, 3.8) is 0 Å². The first-order valence-electron chi connectivity index (χ1n) is 3.45. The Morgan fingerprint density at radius 2 is 2.23 bits per heavy atom. The second-order valence-electron chi connectivity index (χ2n) is 2.48. The number of ketones is 1. The molecule has 1 aromatic heterocycles. The van der Waals surface area contributed by atoms with Crippen molar-refractivity contribution in [2.45, 2.75) is 10.9 Å². The van der Waals surface area contributed by atoms with Crippen molar-refractivity contribution in [3.8, 4) is 0 Å². The molecule has 0 N–H and O–H groups in total. The van der Waals surface area contributed by atoms with Gasteiger partial charge in [-0.05, 0) is 19.1 Å². The number of pyridine rings is 1. The van der Waals surface area contributed by atoms with E-state index in [-0.39, 0.29) is 17.0 Å². The van der Waals surface area contributed by atoms with Crippen molar-refractivity contribution >= 4 is 28.4 Å². The summed E-state index contributed by atoms with van der Waals surface area (Å²) in [5, 5.41) is 0. The zero-order chi connectivity index (χ0) is 10.1. The summed E-state index contributed by atoms with van der Waals surface area (Å²) in [6, 6.07) is 2.52. The SMILES string of the molecule is CC(=O)c1ccnc(C(F)(F)I)c1. The molecule has 0 saturated heterocycles. The number of hydrogen-bond acceptors (Lipinski definition) is 2. The van der Waals surface area contributed by atoms with Crippen LogP contribution in [0.3, 0.4) is 0 Å². The number of aromatic nitrogens is 1. The van der Waals surface area contributed by atoms with Gasteiger partial charge in [-0.3, -0.25) is 9.78 Å². The molecule has 70 valence electrons.